The molecule has 0 fully saturated rings. The lowest BCUT2D eigenvalue weighted by atomic mass is 10.0. The van der Waals surface area contributed by atoms with Crippen LogP contribution in [-0.2, 0) is 6.42 Å². The Balaban J connectivity index is 0.000000162. The van der Waals surface area contributed by atoms with Crippen LogP contribution in [-0.4, -0.2) is 44.6 Å². The van der Waals surface area contributed by atoms with Crippen molar-refractivity contribution in [1.82, 2.24) is 38.7 Å². The first kappa shape index (κ1) is 33.3. The summed E-state index contributed by atoms with van der Waals surface area (Å²) in [5.41, 5.74) is 14.0. The van der Waals surface area contributed by atoms with E-state index in [9.17, 15) is 18.8 Å². The molecule has 8 aromatic heterocycles. The lowest BCUT2D eigenvalue weighted by Gasteiger charge is -2.10. The summed E-state index contributed by atoms with van der Waals surface area (Å²) >= 11 is 0. The van der Waals surface area contributed by atoms with Crippen molar-refractivity contribution in [3.05, 3.63) is 145 Å². The number of carbonyl (C=O) groups is 1. The molecule has 254 valence electrons. The molecule has 2 N–H and O–H groups in total. The van der Waals surface area contributed by atoms with Crippen LogP contribution >= 0.6 is 0 Å². The standard InChI is InChI=1S/C20H15N5.C19H13F2N5O/c1-2-15-5-3-7-18(24-15)20-17(6-4-10-22-20)14-8-9-19-23-12-16(11-21)25(19)13-14;20-18(21)14-5-1-4-13(25-14)17-12(3-2-8-23-17)11-6-7-16-24-9-15(19(22)27)26(16)10-11/h3-10,12-13H,2H2,1H3;1-10,18H,(H2,22,27). The van der Waals surface area contributed by atoms with E-state index in [0.717, 1.165) is 45.8 Å². The van der Waals surface area contributed by atoms with Gasteiger partial charge in [0.25, 0.3) is 12.3 Å². The maximum Gasteiger partial charge on any atom is 0.280 e. The van der Waals surface area contributed by atoms with Crippen LogP contribution in [0, 0.1) is 11.3 Å². The number of pyridine rings is 6. The number of hydrogen-bond acceptors (Lipinski definition) is 8. The maximum absolute atomic E-state index is 13.0. The van der Waals surface area contributed by atoms with Gasteiger partial charge in [0.1, 0.15) is 34.4 Å². The summed E-state index contributed by atoms with van der Waals surface area (Å²) in [4.78, 5) is 37.6. The molecule has 0 atom stereocenters. The molecule has 0 aliphatic carbocycles. The molecule has 0 aliphatic heterocycles. The second kappa shape index (κ2) is 14.3. The molecule has 0 bridgehead atoms. The lowest BCUT2D eigenvalue weighted by molar-refractivity contribution is 0.0994. The predicted octanol–water partition coefficient (Wildman–Crippen LogP) is 7.39. The van der Waals surface area contributed by atoms with Crippen LogP contribution < -0.4 is 5.73 Å². The molecule has 8 heterocycles. The minimum absolute atomic E-state index is 0.245. The van der Waals surface area contributed by atoms with Gasteiger partial charge >= 0.3 is 0 Å². The van der Waals surface area contributed by atoms with E-state index in [1.807, 2.05) is 54.7 Å². The predicted molar refractivity (Wildman–Crippen MR) is 191 cm³/mol. The van der Waals surface area contributed by atoms with Crippen LogP contribution in [0.1, 0.15) is 40.9 Å². The highest BCUT2D eigenvalue weighted by Gasteiger charge is 2.16. The monoisotopic (exact) mass is 690 g/mol. The van der Waals surface area contributed by atoms with Crippen molar-refractivity contribution < 1.29 is 13.6 Å². The van der Waals surface area contributed by atoms with Gasteiger partial charge in [0.2, 0.25) is 0 Å². The van der Waals surface area contributed by atoms with Gasteiger partial charge in [-0.25, -0.2) is 23.7 Å². The Bertz CT molecular complexity index is 2630. The Kier molecular flexibility index (Phi) is 9.18. The summed E-state index contributed by atoms with van der Waals surface area (Å²) in [6.45, 7) is 2.09. The van der Waals surface area contributed by atoms with Crippen molar-refractivity contribution in [2.45, 2.75) is 19.8 Å². The quantitative estimate of drug-likeness (QED) is 0.182. The average Bonchev–Trinajstić information content (AvgIpc) is 3.82. The number of alkyl halides is 2. The number of nitriles is 1. The average molecular weight is 691 g/mol. The molecule has 0 unspecified atom stereocenters. The lowest BCUT2D eigenvalue weighted by Crippen LogP contribution is -2.13. The van der Waals surface area contributed by atoms with Gasteiger partial charge < -0.3 is 5.73 Å². The Morgan fingerprint density at radius 3 is 1.96 bits per heavy atom. The van der Waals surface area contributed by atoms with Crippen LogP contribution in [0.15, 0.2) is 122 Å². The fourth-order valence-corrected chi connectivity index (χ4v) is 5.74. The van der Waals surface area contributed by atoms with E-state index in [-0.39, 0.29) is 11.4 Å². The van der Waals surface area contributed by atoms with E-state index in [0.29, 0.717) is 28.3 Å². The largest absolute Gasteiger partial charge is 0.364 e. The topological polar surface area (TPSA) is 153 Å². The third-order valence-electron chi connectivity index (χ3n) is 8.26. The summed E-state index contributed by atoms with van der Waals surface area (Å²) in [6, 6.07) is 27.5. The van der Waals surface area contributed by atoms with Gasteiger partial charge in [0.15, 0.2) is 0 Å². The number of amides is 1. The smallest absolute Gasteiger partial charge is 0.280 e. The number of aryl methyl sites for hydroxylation is 1. The molecular formula is C39H28F2N10O. The number of aromatic nitrogens is 8. The molecule has 8 rings (SSSR count). The molecule has 0 radical (unpaired) electrons. The Morgan fingerprint density at radius 1 is 0.750 bits per heavy atom. The van der Waals surface area contributed by atoms with Gasteiger partial charge in [-0.05, 0) is 67.1 Å². The molecular weight excluding hydrogens is 662 g/mol. The number of imidazole rings is 2. The van der Waals surface area contributed by atoms with E-state index in [1.165, 1.54) is 18.3 Å². The zero-order chi connectivity index (χ0) is 36.2. The minimum atomic E-state index is -2.67. The van der Waals surface area contributed by atoms with Crippen molar-refractivity contribution in [1.29, 1.82) is 5.26 Å². The van der Waals surface area contributed by atoms with Gasteiger partial charge in [-0.1, -0.05) is 31.2 Å². The van der Waals surface area contributed by atoms with Crippen LogP contribution in [0.25, 0.3) is 56.3 Å². The fraction of sp³-hybridized carbons (Fsp3) is 0.0769. The van der Waals surface area contributed by atoms with E-state index >= 15 is 0 Å². The molecule has 11 nitrogen and oxygen atoms in total. The van der Waals surface area contributed by atoms with Gasteiger partial charge in [-0.2, -0.15) is 5.26 Å². The molecule has 1 amide bonds. The first-order valence-corrected chi connectivity index (χ1v) is 16.1. The van der Waals surface area contributed by atoms with Gasteiger partial charge in [-0.3, -0.25) is 28.5 Å². The number of nitrogens with two attached hydrogens (primary N) is 1. The highest BCUT2D eigenvalue weighted by Crippen LogP contribution is 2.32. The van der Waals surface area contributed by atoms with Crippen molar-refractivity contribution in [3.63, 3.8) is 0 Å². The number of rotatable bonds is 7. The summed E-state index contributed by atoms with van der Waals surface area (Å²) < 4.78 is 29.4. The summed E-state index contributed by atoms with van der Waals surface area (Å²) in [6.07, 6.45) is 8.16. The van der Waals surface area contributed by atoms with Crippen LogP contribution in [0.4, 0.5) is 8.78 Å². The molecule has 8 aromatic rings. The van der Waals surface area contributed by atoms with Crippen LogP contribution in [0.5, 0.6) is 0 Å². The van der Waals surface area contributed by atoms with Crippen molar-refractivity contribution in [3.8, 4) is 51.1 Å². The molecule has 0 saturated carbocycles. The SMILES string of the molecule is CCc1cccc(-c2ncccc2-c2ccc3ncc(C#N)n3c2)n1.NC(=O)c1cnc2ccc(-c3cccnc3-c3cccc(C(F)F)n3)cn12. The number of primary amides is 1. The van der Waals surface area contributed by atoms with Gasteiger partial charge in [-0.15, -0.1) is 0 Å². The summed E-state index contributed by atoms with van der Waals surface area (Å²) in [5.74, 6) is -0.600. The Labute approximate surface area is 295 Å². The molecule has 13 heteroatoms. The van der Waals surface area contributed by atoms with Crippen LogP contribution in [0.3, 0.4) is 0 Å². The molecule has 0 aromatic carbocycles. The van der Waals surface area contributed by atoms with E-state index in [4.69, 9.17) is 10.7 Å². The number of hydrogen-bond donors (Lipinski definition) is 1. The second-order valence-corrected chi connectivity index (χ2v) is 11.5. The second-order valence-electron chi connectivity index (χ2n) is 11.5. The molecule has 0 saturated heterocycles. The Morgan fingerprint density at radius 2 is 1.35 bits per heavy atom. The summed E-state index contributed by atoms with van der Waals surface area (Å²) in [5, 5.41) is 9.24. The van der Waals surface area contributed by atoms with E-state index < -0.39 is 12.3 Å². The highest BCUT2D eigenvalue weighted by atomic mass is 19.3. The first-order valence-electron chi connectivity index (χ1n) is 16.1. The fourth-order valence-electron chi connectivity index (χ4n) is 5.74. The number of halogens is 2. The van der Waals surface area contributed by atoms with Gasteiger partial charge in [0, 0.05) is 52.7 Å². The summed E-state index contributed by atoms with van der Waals surface area (Å²) in [7, 11) is 0. The number of carbonyl (C=O) groups excluding carboxylic acids is 1. The normalized spacial score (nSPS) is 11.0. The zero-order valence-electron chi connectivity index (χ0n) is 27.6. The van der Waals surface area contributed by atoms with Crippen molar-refractivity contribution in [2.24, 2.45) is 5.73 Å². The number of fused-ring (bicyclic) bond motifs is 2. The molecule has 0 spiro atoms. The first-order chi connectivity index (χ1) is 25.3. The van der Waals surface area contributed by atoms with E-state index in [1.54, 1.807) is 57.9 Å². The Hall–Kier alpha value is -7.20. The maximum atomic E-state index is 13.0. The third-order valence-corrected chi connectivity index (χ3v) is 8.26. The molecule has 0 aliphatic rings. The molecule has 52 heavy (non-hydrogen) atoms. The highest BCUT2D eigenvalue weighted by molar-refractivity contribution is 5.92. The minimum Gasteiger partial charge on any atom is -0.364 e. The van der Waals surface area contributed by atoms with E-state index in [2.05, 4.69) is 37.9 Å². The number of nitrogens with zero attached hydrogens (tertiary/aromatic N) is 9. The van der Waals surface area contributed by atoms with Gasteiger partial charge in [0.05, 0.1) is 35.2 Å². The van der Waals surface area contributed by atoms with Crippen molar-refractivity contribution >= 4 is 17.2 Å². The third kappa shape index (κ3) is 6.56. The zero-order valence-corrected chi connectivity index (χ0v) is 27.6. The van der Waals surface area contributed by atoms with Crippen LogP contribution in [0.2, 0.25) is 0 Å². The van der Waals surface area contributed by atoms with Crippen molar-refractivity contribution in [2.75, 3.05) is 0 Å².